The molecule has 7 heteroatoms. The Hall–Kier alpha value is -3.16. The van der Waals surface area contributed by atoms with Crippen LogP contribution in [0.25, 0.3) is 0 Å². The van der Waals surface area contributed by atoms with Crippen LogP contribution in [0.4, 0.5) is 5.00 Å². The molecule has 2 N–H and O–H groups in total. The smallest absolute Gasteiger partial charge is 0.343 e. The fourth-order valence-electron chi connectivity index (χ4n) is 4.33. The quantitative estimate of drug-likeness (QED) is 0.427. The third-order valence-electron chi connectivity index (χ3n) is 6.31. The molecule has 170 valence electrons. The van der Waals surface area contributed by atoms with Crippen molar-refractivity contribution in [1.29, 1.82) is 0 Å². The number of aryl methyl sites for hydroxylation is 1. The van der Waals surface area contributed by atoms with Crippen molar-refractivity contribution in [3.8, 4) is 5.75 Å². The van der Waals surface area contributed by atoms with Crippen molar-refractivity contribution in [2.45, 2.75) is 45.9 Å². The Labute approximate surface area is 197 Å². The largest absolute Gasteiger partial charge is 0.423 e. The summed E-state index contributed by atoms with van der Waals surface area (Å²) in [4.78, 5) is 29.1. The predicted molar refractivity (Wildman–Crippen MR) is 130 cm³/mol. The first-order valence-electron chi connectivity index (χ1n) is 11.2. The SMILES string of the molecule is Cc1ccc(C(=O)Oc2ccc(C3NC(=O)c4c(sc5c4CCN(C(C)C)C5)N3)cc2)cc1. The highest BCUT2D eigenvalue weighted by Crippen LogP contribution is 2.41. The van der Waals surface area contributed by atoms with E-state index in [1.165, 1.54) is 10.4 Å². The summed E-state index contributed by atoms with van der Waals surface area (Å²) in [5.41, 5.74) is 4.49. The number of anilines is 1. The Morgan fingerprint density at radius 2 is 1.82 bits per heavy atom. The second-order valence-corrected chi connectivity index (χ2v) is 10.0. The number of hydrogen-bond acceptors (Lipinski definition) is 6. The van der Waals surface area contributed by atoms with Gasteiger partial charge >= 0.3 is 5.97 Å². The number of carbonyl (C=O) groups excluding carboxylic acids is 2. The van der Waals surface area contributed by atoms with Crippen molar-refractivity contribution < 1.29 is 14.3 Å². The van der Waals surface area contributed by atoms with Crippen LogP contribution in [-0.4, -0.2) is 29.4 Å². The van der Waals surface area contributed by atoms with Gasteiger partial charge in [-0.3, -0.25) is 9.69 Å². The van der Waals surface area contributed by atoms with Gasteiger partial charge in [-0.25, -0.2) is 4.79 Å². The molecule has 0 saturated heterocycles. The number of nitrogens with zero attached hydrogens (tertiary/aromatic N) is 1. The van der Waals surface area contributed by atoms with Gasteiger partial charge in [0.25, 0.3) is 5.91 Å². The van der Waals surface area contributed by atoms with Crippen LogP contribution < -0.4 is 15.4 Å². The van der Waals surface area contributed by atoms with E-state index < -0.39 is 5.97 Å². The van der Waals surface area contributed by atoms with Crippen LogP contribution >= 0.6 is 11.3 Å². The maximum absolute atomic E-state index is 13.0. The van der Waals surface area contributed by atoms with Crippen LogP contribution in [0.3, 0.4) is 0 Å². The minimum atomic E-state index is -0.393. The molecular weight excluding hydrogens is 434 g/mol. The summed E-state index contributed by atoms with van der Waals surface area (Å²) < 4.78 is 5.50. The molecule has 1 atom stereocenters. The molecule has 1 amide bonds. The number of rotatable bonds is 4. The zero-order valence-electron chi connectivity index (χ0n) is 19.0. The topological polar surface area (TPSA) is 70.7 Å². The van der Waals surface area contributed by atoms with Crippen LogP contribution in [0.1, 0.15) is 62.3 Å². The number of fused-ring (bicyclic) bond motifs is 3. The fraction of sp³-hybridized carbons (Fsp3) is 0.308. The molecule has 3 heterocycles. The van der Waals surface area contributed by atoms with E-state index in [1.807, 2.05) is 31.2 Å². The summed E-state index contributed by atoms with van der Waals surface area (Å²) in [7, 11) is 0. The van der Waals surface area contributed by atoms with Crippen molar-refractivity contribution in [1.82, 2.24) is 10.2 Å². The van der Waals surface area contributed by atoms with E-state index in [2.05, 4.69) is 29.4 Å². The van der Waals surface area contributed by atoms with Gasteiger partial charge in [-0.1, -0.05) is 29.8 Å². The molecule has 0 spiro atoms. The van der Waals surface area contributed by atoms with E-state index in [0.717, 1.165) is 41.2 Å². The monoisotopic (exact) mass is 461 g/mol. The Bertz CT molecular complexity index is 1200. The average molecular weight is 462 g/mol. The van der Waals surface area contributed by atoms with Gasteiger partial charge < -0.3 is 15.4 Å². The van der Waals surface area contributed by atoms with Crippen LogP contribution in [-0.2, 0) is 13.0 Å². The molecule has 3 aromatic rings. The first-order valence-corrected chi connectivity index (χ1v) is 12.1. The molecule has 2 aliphatic rings. The van der Waals surface area contributed by atoms with E-state index in [9.17, 15) is 9.59 Å². The third-order valence-corrected chi connectivity index (χ3v) is 7.45. The van der Waals surface area contributed by atoms with E-state index in [1.54, 1.807) is 35.6 Å². The van der Waals surface area contributed by atoms with E-state index in [4.69, 9.17) is 4.74 Å². The second-order valence-electron chi connectivity index (χ2n) is 8.90. The second kappa shape index (κ2) is 8.65. The minimum Gasteiger partial charge on any atom is -0.423 e. The Kier molecular flexibility index (Phi) is 5.68. The van der Waals surface area contributed by atoms with Gasteiger partial charge in [-0.15, -0.1) is 11.3 Å². The fourth-order valence-corrected chi connectivity index (χ4v) is 5.63. The van der Waals surface area contributed by atoms with Gasteiger partial charge in [0.15, 0.2) is 0 Å². The highest BCUT2D eigenvalue weighted by Gasteiger charge is 2.33. The van der Waals surface area contributed by atoms with Gasteiger partial charge in [0.1, 0.15) is 16.9 Å². The molecule has 0 radical (unpaired) electrons. The van der Waals surface area contributed by atoms with Crippen molar-refractivity contribution in [3.05, 3.63) is 81.2 Å². The van der Waals surface area contributed by atoms with Gasteiger partial charge in [0.05, 0.1) is 11.1 Å². The summed E-state index contributed by atoms with van der Waals surface area (Å²) in [6.07, 6.45) is 0.577. The van der Waals surface area contributed by atoms with Crippen molar-refractivity contribution in [2.75, 3.05) is 11.9 Å². The van der Waals surface area contributed by atoms with Crippen molar-refractivity contribution >= 4 is 28.2 Å². The number of benzene rings is 2. The van der Waals surface area contributed by atoms with Crippen molar-refractivity contribution in [3.63, 3.8) is 0 Å². The molecule has 2 aliphatic heterocycles. The first-order chi connectivity index (χ1) is 15.9. The summed E-state index contributed by atoms with van der Waals surface area (Å²) >= 11 is 1.69. The van der Waals surface area contributed by atoms with E-state index in [-0.39, 0.29) is 12.1 Å². The lowest BCUT2D eigenvalue weighted by Gasteiger charge is -2.31. The van der Waals surface area contributed by atoms with Crippen LogP contribution in [0.15, 0.2) is 48.5 Å². The highest BCUT2D eigenvalue weighted by atomic mass is 32.1. The number of nitrogens with one attached hydrogen (secondary N) is 2. The van der Waals surface area contributed by atoms with Crippen molar-refractivity contribution in [2.24, 2.45) is 0 Å². The number of carbonyl (C=O) groups is 2. The van der Waals surface area contributed by atoms with Crippen LogP contribution in [0, 0.1) is 6.92 Å². The minimum absolute atomic E-state index is 0.0286. The molecule has 0 saturated carbocycles. The highest BCUT2D eigenvalue weighted by molar-refractivity contribution is 7.16. The van der Waals surface area contributed by atoms with Crippen LogP contribution in [0.2, 0.25) is 0 Å². The lowest BCUT2D eigenvalue weighted by Crippen LogP contribution is -2.39. The van der Waals surface area contributed by atoms with E-state index in [0.29, 0.717) is 17.4 Å². The van der Waals surface area contributed by atoms with Gasteiger partial charge in [0.2, 0.25) is 0 Å². The molecule has 6 nitrogen and oxygen atoms in total. The Balaban J connectivity index is 1.30. The predicted octanol–water partition coefficient (Wildman–Crippen LogP) is 4.90. The Morgan fingerprint density at radius 1 is 1.09 bits per heavy atom. The summed E-state index contributed by atoms with van der Waals surface area (Å²) in [6.45, 7) is 8.27. The molecule has 5 rings (SSSR count). The zero-order valence-corrected chi connectivity index (χ0v) is 19.8. The van der Waals surface area contributed by atoms with Gasteiger partial charge in [-0.05, 0) is 62.6 Å². The number of amides is 1. The lowest BCUT2D eigenvalue weighted by molar-refractivity contribution is 0.0734. The standard InChI is InChI=1S/C26H27N3O3S/c1-15(2)29-13-12-20-21(14-29)33-25-22(20)24(30)27-23(28-25)17-8-10-19(11-9-17)32-26(31)18-6-4-16(3)5-7-18/h4-11,15,23,28H,12-14H2,1-3H3,(H,27,30). The third kappa shape index (κ3) is 4.26. The van der Waals surface area contributed by atoms with E-state index >= 15 is 0 Å². The molecule has 0 fully saturated rings. The Morgan fingerprint density at radius 3 is 2.52 bits per heavy atom. The molecule has 2 aromatic carbocycles. The maximum Gasteiger partial charge on any atom is 0.343 e. The number of ether oxygens (including phenoxy) is 1. The summed E-state index contributed by atoms with van der Waals surface area (Å²) in [5, 5.41) is 7.52. The molecule has 33 heavy (non-hydrogen) atoms. The molecule has 0 bridgehead atoms. The summed E-state index contributed by atoms with van der Waals surface area (Å²) in [5.74, 6) is 0.0442. The zero-order chi connectivity index (χ0) is 23.1. The number of esters is 1. The van der Waals surface area contributed by atoms with Crippen LogP contribution in [0.5, 0.6) is 5.75 Å². The lowest BCUT2D eigenvalue weighted by atomic mass is 9.99. The first kappa shape index (κ1) is 21.7. The van der Waals surface area contributed by atoms with Gasteiger partial charge in [0, 0.05) is 24.0 Å². The van der Waals surface area contributed by atoms with Gasteiger partial charge in [-0.2, -0.15) is 0 Å². The molecule has 1 unspecified atom stereocenters. The molecular formula is C26H27N3O3S. The normalized spacial score (nSPS) is 17.7. The number of hydrogen-bond donors (Lipinski definition) is 2. The average Bonchev–Trinajstić information content (AvgIpc) is 3.18. The molecule has 0 aliphatic carbocycles. The maximum atomic E-state index is 13.0. The summed E-state index contributed by atoms with van der Waals surface area (Å²) in [6, 6.07) is 15.0. The molecule has 1 aromatic heterocycles. The number of thiophene rings is 1.